The molecule has 0 aliphatic rings. The van der Waals surface area contributed by atoms with Gasteiger partial charge in [-0.2, -0.15) is 0 Å². The molecule has 0 spiro atoms. The quantitative estimate of drug-likeness (QED) is 0.410. The molecule has 4 nitrogen and oxygen atoms in total. The maximum absolute atomic E-state index is 12.8. The molecule has 0 aromatic heterocycles. The summed E-state index contributed by atoms with van der Waals surface area (Å²) in [5.74, 6) is 3.21. The molecule has 0 aliphatic carbocycles. The lowest BCUT2D eigenvalue weighted by atomic mass is 10.1. The molecule has 0 heterocycles. The minimum atomic E-state index is -1.12. The zero-order chi connectivity index (χ0) is 21.2. The predicted molar refractivity (Wildman–Crippen MR) is 105 cm³/mol. The van der Waals surface area contributed by atoms with Gasteiger partial charge in [0.05, 0.1) is 0 Å². The highest BCUT2D eigenvalue weighted by Crippen LogP contribution is 2.16. The largest absolute Gasteiger partial charge is 0.276 e. The normalized spacial score (nSPS) is 10.1. The molecule has 0 atom stereocenters. The average molecular weight is 419 g/mol. The van der Waals surface area contributed by atoms with Gasteiger partial charge in [-0.25, -0.2) is 8.78 Å². The molecule has 3 N–H and O–H groups in total. The Bertz CT molecular complexity index is 741. The Balaban J connectivity index is 0.000000400. The van der Waals surface area contributed by atoms with Crippen LogP contribution in [0.5, 0.6) is 0 Å². The first-order valence-corrected chi connectivity index (χ1v) is 8.52. The van der Waals surface area contributed by atoms with Crippen molar-refractivity contribution in [2.24, 2.45) is 5.84 Å². The van der Waals surface area contributed by atoms with E-state index in [1.165, 1.54) is 6.92 Å². The Morgan fingerprint density at radius 1 is 0.963 bits per heavy atom. The number of nitrogens with one attached hydrogen (secondary N) is 1. The van der Waals surface area contributed by atoms with Crippen molar-refractivity contribution in [3.05, 3.63) is 70.8 Å². The van der Waals surface area contributed by atoms with Crippen molar-refractivity contribution < 1.29 is 18.4 Å². The zero-order valence-electron chi connectivity index (χ0n) is 15.4. The molecule has 0 aliphatic heterocycles. The first-order valence-electron chi connectivity index (χ1n) is 7.77. The van der Waals surface area contributed by atoms with Crippen LogP contribution in [-0.4, -0.2) is 16.0 Å². The van der Waals surface area contributed by atoms with Crippen molar-refractivity contribution in [1.82, 2.24) is 5.43 Å². The summed E-state index contributed by atoms with van der Waals surface area (Å²) in [6, 6.07) is 10.8. The minimum Gasteiger partial charge on any atom is -0.276 e. The highest BCUT2D eigenvalue weighted by Gasteiger charge is 2.15. The molecule has 0 amide bonds. The van der Waals surface area contributed by atoms with Crippen LogP contribution in [0.25, 0.3) is 0 Å². The van der Waals surface area contributed by atoms with Gasteiger partial charge in [0, 0.05) is 11.1 Å². The third kappa shape index (κ3) is 10.8. The van der Waals surface area contributed by atoms with Crippen LogP contribution in [0.1, 0.15) is 47.1 Å². The fraction of sp³-hybridized carbons (Fsp3) is 0.263. The van der Waals surface area contributed by atoms with Crippen LogP contribution >= 0.6 is 23.2 Å². The first kappa shape index (κ1) is 25.1. The second-order valence-corrected chi connectivity index (χ2v) is 7.10. The van der Waals surface area contributed by atoms with Crippen LogP contribution in [0.15, 0.2) is 42.5 Å². The summed E-state index contributed by atoms with van der Waals surface area (Å²) in [5, 5.41) is -1.53. The third-order valence-electron chi connectivity index (χ3n) is 2.82. The molecule has 0 bridgehead atoms. The van der Waals surface area contributed by atoms with Gasteiger partial charge in [-0.1, -0.05) is 30.3 Å². The van der Waals surface area contributed by atoms with Gasteiger partial charge < -0.3 is 0 Å². The number of aryl methyl sites for hydroxylation is 1. The van der Waals surface area contributed by atoms with Crippen molar-refractivity contribution in [2.45, 2.75) is 33.2 Å². The van der Waals surface area contributed by atoms with Gasteiger partial charge in [0.15, 0.2) is 0 Å². The molecule has 27 heavy (non-hydrogen) atoms. The van der Waals surface area contributed by atoms with Gasteiger partial charge in [0.2, 0.25) is 0 Å². The molecular formula is C19H22Cl2F2N2O2. The maximum Gasteiger partial charge on any atom is 0.258 e. The zero-order valence-corrected chi connectivity index (χ0v) is 17.0. The van der Waals surface area contributed by atoms with Crippen molar-refractivity contribution >= 4 is 33.7 Å². The molecule has 8 heteroatoms. The van der Waals surface area contributed by atoms with E-state index in [4.69, 9.17) is 29.0 Å². The van der Waals surface area contributed by atoms with E-state index < -0.39 is 27.7 Å². The highest BCUT2D eigenvalue weighted by molar-refractivity contribution is 6.68. The van der Waals surface area contributed by atoms with Crippen LogP contribution in [0, 0.1) is 18.6 Å². The first-order chi connectivity index (χ1) is 12.4. The van der Waals surface area contributed by atoms with Crippen molar-refractivity contribution in [3.8, 4) is 0 Å². The van der Waals surface area contributed by atoms with E-state index in [2.05, 4.69) is 5.43 Å². The van der Waals surface area contributed by atoms with E-state index in [9.17, 15) is 18.4 Å². The molecule has 0 fully saturated rings. The number of carbonyl (C=O) groups excluding carboxylic acids is 2. The minimum absolute atomic E-state index is 0.0694. The lowest BCUT2D eigenvalue weighted by molar-refractivity contribution is 0.106. The molecule has 0 radical (unpaired) electrons. The topological polar surface area (TPSA) is 72.2 Å². The van der Waals surface area contributed by atoms with Gasteiger partial charge >= 0.3 is 0 Å². The van der Waals surface area contributed by atoms with E-state index in [1.54, 1.807) is 24.3 Å². The van der Waals surface area contributed by atoms with Gasteiger partial charge in [-0.15, -0.1) is 0 Å². The smallest absolute Gasteiger partial charge is 0.258 e. The monoisotopic (exact) mass is 418 g/mol. The van der Waals surface area contributed by atoms with Crippen LogP contribution in [0.2, 0.25) is 0 Å². The fourth-order valence-corrected chi connectivity index (χ4v) is 1.76. The fourth-order valence-electron chi connectivity index (χ4n) is 1.46. The number of hydrazine groups is 1. The Morgan fingerprint density at radius 2 is 1.37 bits per heavy atom. The molecule has 2 aromatic carbocycles. The van der Waals surface area contributed by atoms with E-state index in [1.807, 2.05) is 26.8 Å². The van der Waals surface area contributed by atoms with Gasteiger partial charge in [0.1, 0.15) is 17.2 Å². The highest BCUT2D eigenvalue weighted by atomic mass is 35.5. The van der Waals surface area contributed by atoms with Crippen molar-refractivity contribution in [1.29, 1.82) is 0 Å². The second kappa shape index (κ2) is 11.8. The Morgan fingerprint density at radius 3 is 1.63 bits per heavy atom. The lowest BCUT2D eigenvalue weighted by Crippen LogP contribution is -2.41. The average Bonchev–Trinajstić information content (AvgIpc) is 2.55. The molecule has 0 unspecified atom stereocenters. The Labute approximate surface area is 167 Å². The summed E-state index contributed by atoms with van der Waals surface area (Å²) < 4.78 is 25.6. The van der Waals surface area contributed by atoms with E-state index >= 15 is 0 Å². The van der Waals surface area contributed by atoms with Gasteiger partial charge in [-0.3, -0.25) is 20.9 Å². The SMILES string of the molecule is CC(C)(C)NN.Cc1cc(F)c(C(=O)Cl)c(F)c1.O=C(Cl)c1ccccc1. The molecule has 2 aromatic rings. The van der Waals surface area contributed by atoms with Gasteiger partial charge in [-0.05, 0) is 68.6 Å². The van der Waals surface area contributed by atoms with E-state index in [0.29, 0.717) is 11.1 Å². The number of halogens is 4. The lowest BCUT2D eigenvalue weighted by Gasteiger charge is -2.14. The van der Waals surface area contributed by atoms with Crippen LogP contribution < -0.4 is 11.3 Å². The van der Waals surface area contributed by atoms with Crippen molar-refractivity contribution in [3.63, 3.8) is 0 Å². The summed E-state index contributed by atoms with van der Waals surface area (Å²) in [6.07, 6.45) is 0. The van der Waals surface area contributed by atoms with Crippen LogP contribution in [0.4, 0.5) is 8.78 Å². The number of hydrogen-bond donors (Lipinski definition) is 2. The van der Waals surface area contributed by atoms with Gasteiger partial charge in [0.25, 0.3) is 10.5 Å². The van der Waals surface area contributed by atoms with E-state index in [0.717, 1.165) is 12.1 Å². The Hall–Kier alpha value is -1.86. The number of benzene rings is 2. The summed E-state index contributed by atoms with van der Waals surface area (Å²) in [6.45, 7) is 7.54. The summed E-state index contributed by atoms with van der Waals surface area (Å²) in [7, 11) is 0. The molecule has 2 rings (SSSR count). The number of nitrogens with two attached hydrogens (primary N) is 1. The van der Waals surface area contributed by atoms with Crippen molar-refractivity contribution in [2.75, 3.05) is 0 Å². The van der Waals surface area contributed by atoms with Crippen LogP contribution in [0.3, 0.4) is 0 Å². The summed E-state index contributed by atoms with van der Waals surface area (Å²) in [5.41, 5.74) is 2.93. The molecule has 0 saturated heterocycles. The second-order valence-electron chi connectivity index (χ2n) is 6.41. The summed E-state index contributed by atoms with van der Waals surface area (Å²) in [4.78, 5) is 20.9. The third-order valence-corrected chi connectivity index (χ3v) is 3.22. The predicted octanol–water partition coefficient (Wildman–Crippen LogP) is 4.97. The molecular weight excluding hydrogens is 397 g/mol. The maximum atomic E-state index is 12.8. The molecule has 148 valence electrons. The Kier molecular flexibility index (Phi) is 11.0. The molecule has 0 saturated carbocycles. The number of hydrogen-bond acceptors (Lipinski definition) is 4. The number of rotatable bonds is 2. The van der Waals surface area contributed by atoms with Crippen LogP contribution in [-0.2, 0) is 0 Å². The standard InChI is InChI=1S/C8H5ClF2O.C7H5ClO.C4H12N2/c1-4-2-5(10)7(8(9)12)6(11)3-4;8-7(9)6-4-2-1-3-5-6;1-4(2,3)6-5/h2-3H,1H3;1-5H;6H,5H2,1-3H3. The van der Waals surface area contributed by atoms with E-state index in [-0.39, 0.29) is 5.54 Å². The summed E-state index contributed by atoms with van der Waals surface area (Å²) >= 11 is 10.1. The number of carbonyl (C=O) groups is 2.